The van der Waals surface area contributed by atoms with Crippen LogP contribution in [-0.4, -0.2) is 88.6 Å². The topological polar surface area (TPSA) is 178 Å². The van der Waals surface area contributed by atoms with Crippen LogP contribution in [0.1, 0.15) is 49.0 Å². The van der Waals surface area contributed by atoms with Crippen LogP contribution in [0.5, 0.6) is 17.2 Å². The summed E-state index contributed by atoms with van der Waals surface area (Å²) in [6.07, 6.45) is -0.976. The van der Waals surface area contributed by atoms with Crippen LogP contribution in [0, 0.1) is 0 Å². The van der Waals surface area contributed by atoms with Crippen LogP contribution in [0.25, 0.3) is 0 Å². The number of likely N-dealkylation sites (tertiary alicyclic amines) is 1. The quantitative estimate of drug-likeness (QED) is 0.219. The highest BCUT2D eigenvalue weighted by molar-refractivity contribution is 5.83. The molecular weight excluding hydrogens is 662 g/mol. The zero-order valence-electron chi connectivity index (χ0n) is 28.3. The Morgan fingerprint density at radius 3 is 2.33 bits per heavy atom. The maximum absolute atomic E-state index is 12.8. The van der Waals surface area contributed by atoms with Gasteiger partial charge in [-0.15, -0.1) is 0 Å². The summed E-state index contributed by atoms with van der Waals surface area (Å²) in [6, 6.07) is 20.4. The summed E-state index contributed by atoms with van der Waals surface area (Å²) in [7, 11) is 3.59. The molecule has 3 N–H and O–H groups in total. The molecule has 3 aromatic rings. The third-order valence-electron chi connectivity index (χ3n) is 9.99. The summed E-state index contributed by atoms with van der Waals surface area (Å²) in [5.41, 5.74) is 0.541. The van der Waals surface area contributed by atoms with E-state index in [4.69, 9.17) is 24.1 Å². The zero-order valence-corrected chi connectivity index (χ0v) is 28.3. The fourth-order valence-corrected chi connectivity index (χ4v) is 7.73. The SMILES string of the molecule is CC(=O)O[C@H](C(=O)O)c1ccccc1.COc1ccc2c3c1O[C@H]1C(OC(=O)CC(O)C(=O)Oc4ccccc4)=CC[C@@]4(O)[C@@H](C2)N(C)CC[C@]314. The molecule has 2 bridgehead atoms. The van der Waals surface area contributed by atoms with Gasteiger partial charge in [0.25, 0.3) is 0 Å². The number of benzene rings is 3. The predicted octanol–water partition coefficient (Wildman–Crippen LogP) is 3.25. The van der Waals surface area contributed by atoms with Crippen LogP contribution in [0.2, 0.25) is 0 Å². The number of likely N-dealkylation sites (N-methyl/N-ethyl adjacent to an activating group) is 1. The normalized spacial score (nSPS) is 24.9. The predicted molar refractivity (Wildman–Crippen MR) is 179 cm³/mol. The lowest BCUT2D eigenvalue weighted by molar-refractivity contribution is -0.170. The Morgan fingerprint density at radius 1 is 1.00 bits per heavy atom. The highest BCUT2D eigenvalue weighted by Crippen LogP contribution is 2.65. The smallest absolute Gasteiger partial charge is 0.349 e. The number of carboxylic acid groups (broad SMARTS) is 1. The molecule has 3 aromatic carbocycles. The van der Waals surface area contributed by atoms with Gasteiger partial charge in [0, 0.05) is 30.5 Å². The Kier molecular flexibility index (Phi) is 9.89. The number of hydrogen-bond donors (Lipinski definition) is 3. The first-order valence-corrected chi connectivity index (χ1v) is 16.5. The minimum atomic E-state index is -1.69. The number of carbonyl (C=O) groups excluding carboxylic acids is 3. The van der Waals surface area contributed by atoms with Crippen molar-refractivity contribution in [1.82, 2.24) is 4.90 Å². The van der Waals surface area contributed by atoms with Gasteiger partial charge in [0.05, 0.1) is 24.5 Å². The number of ether oxygens (including phenoxy) is 5. The number of piperidine rings is 1. The van der Waals surface area contributed by atoms with Crippen molar-refractivity contribution >= 4 is 23.9 Å². The lowest BCUT2D eigenvalue weighted by Gasteiger charge is -2.61. The van der Waals surface area contributed by atoms with Crippen molar-refractivity contribution in [3.05, 3.63) is 101 Å². The van der Waals surface area contributed by atoms with Crippen LogP contribution in [0.4, 0.5) is 0 Å². The van der Waals surface area contributed by atoms with Gasteiger partial charge in [-0.1, -0.05) is 54.6 Å². The van der Waals surface area contributed by atoms with E-state index in [1.807, 2.05) is 19.2 Å². The zero-order chi connectivity index (χ0) is 36.5. The largest absolute Gasteiger partial charge is 0.493 e. The molecule has 0 aromatic heterocycles. The molecule has 2 heterocycles. The second-order valence-electron chi connectivity index (χ2n) is 13.0. The van der Waals surface area contributed by atoms with E-state index < -0.39 is 59.6 Å². The number of carboxylic acids is 1. The van der Waals surface area contributed by atoms with Crippen LogP contribution in [0.3, 0.4) is 0 Å². The number of aliphatic carboxylic acids is 1. The average Bonchev–Trinajstić information content (AvgIpc) is 3.47. The first-order valence-electron chi connectivity index (χ1n) is 16.5. The number of rotatable bonds is 9. The minimum Gasteiger partial charge on any atom is -0.493 e. The third-order valence-corrected chi connectivity index (χ3v) is 9.99. The third kappa shape index (κ3) is 6.44. The van der Waals surface area contributed by atoms with E-state index in [1.54, 1.807) is 73.8 Å². The van der Waals surface area contributed by atoms with Crippen molar-refractivity contribution < 1.29 is 58.2 Å². The van der Waals surface area contributed by atoms with Crippen molar-refractivity contribution in [2.24, 2.45) is 0 Å². The molecular formula is C38H39NO12. The number of aliphatic hydroxyl groups is 2. The summed E-state index contributed by atoms with van der Waals surface area (Å²) in [5.74, 6) is -1.85. The molecule has 1 fully saturated rings. The molecule has 2 aliphatic heterocycles. The Labute approximate surface area is 293 Å². The van der Waals surface area contributed by atoms with E-state index in [2.05, 4.69) is 9.64 Å². The van der Waals surface area contributed by atoms with Crippen LogP contribution in [-0.2, 0) is 40.5 Å². The highest BCUT2D eigenvalue weighted by atomic mass is 16.6. The number of aliphatic hydroxyl groups excluding tert-OH is 1. The fourth-order valence-electron chi connectivity index (χ4n) is 7.73. The van der Waals surface area contributed by atoms with Crippen LogP contribution >= 0.6 is 0 Å². The van der Waals surface area contributed by atoms with Gasteiger partial charge in [-0.3, -0.25) is 9.59 Å². The summed E-state index contributed by atoms with van der Waals surface area (Å²) >= 11 is 0. The van der Waals surface area contributed by atoms with E-state index in [9.17, 15) is 29.4 Å². The molecule has 268 valence electrons. The van der Waals surface area contributed by atoms with Gasteiger partial charge in [-0.25, -0.2) is 9.59 Å². The molecule has 13 heteroatoms. The lowest BCUT2D eigenvalue weighted by Crippen LogP contribution is -2.74. The number of carbonyl (C=O) groups is 4. The van der Waals surface area contributed by atoms with Gasteiger partial charge in [0.2, 0.25) is 6.10 Å². The van der Waals surface area contributed by atoms with Crippen LogP contribution in [0.15, 0.2) is 84.6 Å². The Morgan fingerprint density at radius 2 is 1.69 bits per heavy atom. The van der Waals surface area contributed by atoms with Crippen molar-refractivity contribution in [3.8, 4) is 17.2 Å². The molecule has 6 atom stereocenters. The Bertz CT molecular complexity index is 1850. The second-order valence-corrected chi connectivity index (χ2v) is 13.0. The number of para-hydroxylation sites is 1. The molecule has 1 unspecified atom stereocenters. The first kappa shape index (κ1) is 35.6. The van der Waals surface area contributed by atoms with Crippen molar-refractivity contribution in [2.45, 2.75) is 68.0 Å². The van der Waals surface area contributed by atoms with Crippen molar-refractivity contribution in [2.75, 3.05) is 20.7 Å². The standard InChI is InChI=1S/C28H29NO8.C10H10O4/c1-29-13-12-27-23-16-8-9-19(34-2)24(23)37-25(27)20(10-11-28(27,33)21(29)14-16)36-22(31)15-18(30)26(32)35-17-6-4-3-5-7-17;1-7(11)14-9(10(12)13)8-5-3-2-4-6-8/h3-10,18,21,25,30,33H,11-15H2,1-2H3;2-6,9H,1H3,(H,12,13)/t18?,21-,25+,27+,28-;9-/m10/s1. The van der Waals surface area contributed by atoms with E-state index in [0.29, 0.717) is 29.9 Å². The monoisotopic (exact) mass is 701 g/mol. The van der Waals surface area contributed by atoms with Gasteiger partial charge in [-0.2, -0.15) is 0 Å². The molecule has 7 rings (SSSR count). The van der Waals surface area contributed by atoms with E-state index in [1.165, 1.54) is 6.92 Å². The van der Waals surface area contributed by atoms with Gasteiger partial charge in [0.1, 0.15) is 11.5 Å². The lowest BCUT2D eigenvalue weighted by atomic mass is 9.50. The first-order chi connectivity index (χ1) is 24.4. The molecule has 0 amide bonds. The van der Waals surface area contributed by atoms with Gasteiger partial charge < -0.3 is 43.9 Å². The number of esters is 3. The summed E-state index contributed by atoms with van der Waals surface area (Å²) in [4.78, 5) is 48.7. The summed E-state index contributed by atoms with van der Waals surface area (Å²) < 4.78 is 27.5. The molecule has 2 aliphatic carbocycles. The van der Waals surface area contributed by atoms with E-state index >= 15 is 0 Å². The minimum absolute atomic E-state index is 0.123. The van der Waals surface area contributed by atoms with Crippen LogP contribution < -0.4 is 14.2 Å². The molecule has 1 saturated heterocycles. The highest BCUT2D eigenvalue weighted by Gasteiger charge is 2.72. The van der Waals surface area contributed by atoms with Gasteiger partial charge in [0.15, 0.2) is 23.7 Å². The average molecular weight is 702 g/mol. The molecule has 0 radical (unpaired) electrons. The second kappa shape index (κ2) is 14.2. The van der Waals surface area contributed by atoms with Crippen molar-refractivity contribution in [3.63, 3.8) is 0 Å². The van der Waals surface area contributed by atoms with E-state index in [0.717, 1.165) is 17.7 Å². The van der Waals surface area contributed by atoms with Gasteiger partial charge >= 0.3 is 23.9 Å². The molecule has 13 nitrogen and oxygen atoms in total. The maximum Gasteiger partial charge on any atom is 0.349 e. The van der Waals surface area contributed by atoms with E-state index in [-0.39, 0.29) is 24.0 Å². The molecule has 0 saturated carbocycles. The molecule has 1 spiro atoms. The summed E-state index contributed by atoms with van der Waals surface area (Å²) in [5, 5.41) is 31.3. The Hall–Kier alpha value is -5.24. The molecule has 4 aliphatic rings. The summed E-state index contributed by atoms with van der Waals surface area (Å²) in [6.45, 7) is 1.92. The number of hydrogen-bond acceptors (Lipinski definition) is 12. The number of nitrogens with zero attached hydrogens (tertiary/aromatic N) is 1. The Balaban J connectivity index is 0.000000270. The maximum atomic E-state index is 12.8. The van der Waals surface area contributed by atoms with Gasteiger partial charge in [-0.05, 0) is 56.3 Å². The molecule has 51 heavy (non-hydrogen) atoms. The van der Waals surface area contributed by atoms with Crippen molar-refractivity contribution in [1.29, 1.82) is 0 Å². The number of methoxy groups -OCH3 is 1. The fraction of sp³-hybridized carbons (Fsp3) is 0.368.